The summed E-state index contributed by atoms with van der Waals surface area (Å²) in [5, 5.41) is 2.76. The zero-order chi connectivity index (χ0) is 15.2. The zero-order valence-electron chi connectivity index (χ0n) is 12.0. The number of likely N-dealkylation sites (tertiary alicyclic amines) is 1. The molecule has 6 heteroatoms. The van der Waals surface area contributed by atoms with Crippen molar-refractivity contribution >= 4 is 11.6 Å². The zero-order valence-corrected chi connectivity index (χ0v) is 12.0. The number of carbonyl (C=O) groups excluding carboxylic acids is 1. The Balaban J connectivity index is 1.79. The first kappa shape index (κ1) is 15.7. The number of rotatable bonds is 6. The quantitative estimate of drug-likeness (QED) is 0.878. The molecule has 1 saturated heterocycles. The highest BCUT2D eigenvalue weighted by Gasteiger charge is 2.30. The average molecular weight is 298 g/mol. The maximum atomic E-state index is 12.6. The Kier molecular flexibility index (Phi) is 5.50. The molecule has 1 heterocycles. The van der Waals surface area contributed by atoms with E-state index in [4.69, 9.17) is 4.74 Å². The fourth-order valence-electron chi connectivity index (χ4n) is 2.42. The fourth-order valence-corrected chi connectivity index (χ4v) is 2.42. The first-order valence-corrected chi connectivity index (χ1v) is 7.11. The van der Waals surface area contributed by atoms with Crippen molar-refractivity contribution < 1.29 is 18.3 Å². The summed E-state index contributed by atoms with van der Waals surface area (Å²) in [5.74, 6) is -0.0489. The van der Waals surface area contributed by atoms with Gasteiger partial charge in [-0.25, -0.2) is 8.78 Å². The molecule has 0 aliphatic carbocycles. The molecule has 0 bridgehead atoms. The molecule has 1 aromatic rings. The number of amides is 1. The van der Waals surface area contributed by atoms with E-state index >= 15 is 0 Å². The third-order valence-electron chi connectivity index (χ3n) is 3.48. The molecule has 1 aliphatic heterocycles. The van der Waals surface area contributed by atoms with Crippen LogP contribution >= 0.6 is 0 Å². The summed E-state index contributed by atoms with van der Waals surface area (Å²) >= 11 is 0. The Labute approximate surface area is 123 Å². The highest BCUT2D eigenvalue weighted by atomic mass is 19.3. The molecule has 0 saturated carbocycles. The number of nitrogens with zero attached hydrogens (tertiary/aromatic N) is 1. The van der Waals surface area contributed by atoms with Crippen LogP contribution in [0.15, 0.2) is 24.3 Å². The third kappa shape index (κ3) is 4.67. The Morgan fingerprint density at radius 3 is 2.71 bits per heavy atom. The normalized spacial score (nSPS) is 19.0. The van der Waals surface area contributed by atoms with Gasteiger partial charge in [0.1, 0.15) is 5.75 Å². The molecular formula is C15H20F2N2O2. The van der Waals surface area contributed by atoms with Crippen LogP contribution in [0.4, 0.5) is 14.5 Å². The van der Waals surface area contributed by atoms with Crippen molar-refractivity contribution in [2.75, 3.05) is 31.6 Å². The van der Waals surface area contributed by atoms with Crippen molar-refractivity contribution in [1.82, 2.24) is 4.90 Å². The molecule has 2 rings (SSSR count). The van der Waals surface area contributed by atoms with Crippen LogP contribution in [0.2, 0.25) is 0 Å². The molecular weight excluding hydrogens is 278 g/mol. The van der Waals surface area contributed by atoms with E-state index in [1.807, 2.05) is 6.92 Å². The van der Waals surface area contributed by atoms with Gasteiger partial charge in [-0.05, 0) is 44.2 Å². The summed E-state index contributed by atoms with van der Waals surface area (Å²) in [7, 11) is 0. The summed E-state index contributed by atoms with van der Waals surface area (Å²) in [4.78, 5) is 13.6. The van der Waals surface area contributed by atoms with Gasteiger partial charge in [-0.15, -0.1) is 0 Å². The van der Waals surface area contributed by atoms with Gasteiger partial charge in [0.25, 0.3) is 0 Å². The van der Waals surface area contributed by atoms with Crippen LogP contribution in [-0.2, 0) is 4.79 Å². The van der Waals surface area contributed by atoms with E-state index in [1.165, 1.54) is 0 Å². The highest BCUT2D eigenvalue weighted by Crippen LogP contribution is 2.22. The van der Waals surface area contributed by atoms with Gasteiger partial charge in [0.05, 0.1) is 13.2 Å². The monoisotopic (exact) mass is 298 g/mol. The van der Waals surface area contributed by atoms with Crippen molar-refractivity contribution in [3.63, 3.8) is 0 Å². The molecule has 1 aliphatic rings. The summed E-state index contributed by atoms with van der Waals surface area (Å²) in [5.41, 5.74) is 0.674. The third-order valence-corrected chi connectivity index (χ3v) is 3.48. The number of anilines is 1. The highest BCUT2D eigenvalue weighted by molar-refractivity contribution is 5.92. The molecule has 1 aromatic carbocycles. The van der Waals surface area contributed by atoms with Crippen LogP contribution in [0, 0.1) is 5.92 Å². The van der Waals surface area contributed by atoms with Crippen LogP contribution in [0.5, 0.6) is 5.75 Å². The van der Waals surface area contributed by atoms with Gasteiger partial charge < -0.3 is 10.1 Å². The Morgan fingerprint density at radius 1 is 1.43 bits per heavy atom. The number of ether oxygens (including phenoxy) is 1. The van der Waals surface area contributed by atoms with Gasteiger partial charge in [-0.3, -0.25) is 9.69 Å². The molecule has 21 heavy (non-hydrogen) atoms. The van der Waals surface area contributed by atoms with E-state index in [1.54, 1.807) is 29.2 Å². The van der Waals surface area contributed by atoms with Gasteiger partial charge >= 0.3 is 0 Å². The summed E-state index contributed by atoms with van der Waals surface area (Å²) in [6, 6.07) is 7.08. The SMILES string of the molecule is CCOc1ccc(NC(=O)CN2CCC(C(F)F)C2)cc1. The van der Waals surface area contributed by atoms with E-state index in [0.29, 0.717) is 25.3 Å². The largest absolute Gasteiger partial charge is 0.494 e. The molecule has 0 spiro atoms. The van der Waals surface area contributed by atoms with Crippen LogP contribution < -0.4 is 10.1 Å². The first-order chi connectivity index (χ1) is 10.1. The van der Waals surface area contributed by atoms with E-state index in [-0.39, 0.29) is 19.0 Å². The maximum absolute atomic E-state index is 12.6. The molecule has 1 amide bonds. The van der Waals surface area contributed by atoms with Gasteiger partial charge in [0.2, 0.25) is 12.3 Å². The number of alkyl halides is 2. The molecule has 1 N–H and O–H groups in total. The lowest BCUT2D eigenvalue weighted by Gasteiger charge is -2.15. The number of benzene rings is 1. The predicted molar refractivity (Wildman–Crippen MR) is 76.8 cm³/mol. The Morgan fingerprint density at radius 2 is 2.14 bits per heavy atom. The Bertz CT molecular complexity index is 465. The van der Waals surface area contributed by atoms with E-state index < -0.39 is 12.3 Å². The van der Waals surface area contributed by atoms with Crippen molar-refractivity contribution in [2.24, 2.45) is 5.92 Å². The number of hydrogen-bond donors (Lipinski definition) is 1. The number of carbonyl (C=O) groups is 1. The lowest BCUT2D eigenvalue weighted by Crippen LogP contribution is -2.32. The van der Waals surface area contributed by atoms with Crippen molar-refractivity contribution in [2.45, 2.75) is 19.8 Å². The molecule has 1 unspecified atom stereocenters. The maximum Gasteiger partial charge on any atom is 0.242 e. The van der Waals surface area contributed by atoms with Gasteiger partial charge in [0, 0.05) is 18.2 Å². The number of nitrogens with one attached hydrogen (secondary N) is 1. The van der Waals surface area contributed by atoms with E-state index in [0.717, 1.165) is 5.75 Å². The predicted octanol–water partition coefficient (Wildman–Crippen LogP) is 2.61. The lowest BCUT2D eigenvalue weighted by molar-refractivity contribution is -0.117. The summed E-state index contributed by atoms with van der Waals surface area (Å²) in [6.07, 6.45) is -1.85. The second-order valence-electron chi connectivity index (χ2n) is 5.12. The number of halogens is 2. The van der Waals surface area contributed by atoms with Gasteiger partial charge in [0.15, 0.2) is 0 Å². The first-order valence-electron chi connectivity index (χ1n) is 7.11. The second-order valence-corrected chi connectivity index (χ2v) is 5.12. The minimum atomic E-state index is -2.30. The lowest BCUT2D eigenvalue weighted by atomic mass is 10.1. The van der Waals surface area contributed by atoms with Crippen molar-refractivity contribution in [1.29, 1.82) is 0 Å². The molecule has 116 valence electrons. The van der Waals surface area contributed by atoms with E-state index in [2.05, 4.69) is 5.32 Å². The molecule has 1 fully saturated rings. The van der Waals surface area contributed by atoms with Crippen LogP contribution in [0.1, 0.15) is 13.3 Å². The summed E-state index contributed by atoms with van der Waals surface area (Å²) in [6.45, 7) is 3.47. The second kappa shape index (κ2) is 7.36. The van der Waals surface area contributed by atoms with Gasteiger partial charge in [-0.1, -0.05) is 0 Å². The van der Waals surface area contributed by atoms with Crippen molar-refractivity contribution in [3.8, 4) is 5.75 Å². The molecule has 4 nitrogen and oxygen atoms in total. The van der Waals surface area contributed by atoms with Crippen LogP contribution in [0.25, 0.3) is 0 Å². The standard InChI is InChI=1S/C15H20F2N2O2/c1-2-21-13-5-3-12(4-6-13)18-14(20)10-19-8-7-11(9-19)15(16)17/h3-6,11,15H,2,7-10H2,1H3,(H,18,20). The van der Waals surface area contributed by atoms with Gasteiger partial charge in [-0.2, -0.15) is 0 Å². The Hall–Kier alpha value is -1.69. The van der Waals surface area contributed by atoms with E-state index in [9.17, 15) is 13.6 Å². The molecule has 0 aromatic heterocycles. The minimum absolute atomic E-state index is 0.149. The average Bonchev–Trinajstić information content (AvgIpc) is 2.90. The van der Waals surface area contributed by atoms with Crippen LogP contribution in [-0.4, -0.2) is 43.5 Å². The topological polar surface area (TPSA) is 41.6 Å². The number of hydrogen-bond acceptors (Lipinski definition) is 3. The fraction of sp³-hybridized carbons (Fsp3) is 0.533. The summed E-state index contributed by atoms with van der Waals surface area (Å²) < 4.78 is 30.4. The smallest absolute Gasteiger partial charge is 0.242 e. The van der Waals surface area contributed by atoms with Crippen molar-refractivity contribution in [3.05, 3.63) is 24.3 Å². The minimum Gasteiger partial charge on any atom is -0.494 e. The molecule has 1 atom stereocenters. The van der Waals surface area contributed by atoms with Crippen LogP contribution in [0.3, 0.4) is 0 Å². The molecule has 0 radical (unpaired) electrons.